The van der Waals surface area contributed by atoms with Crippen LogP contribution in [-0.4, -0.2) is 52.1 Å². The number of nitrogens with zero attached hydrogens (tertiary/aromatic N) is 1. The number of nitrogens with one attached hydrogen (secondary N) is 2. The van der Waals surface area contributed by atoms with E-state index in [-0.39, 0.29) is 23.6 Å². The van der Waals surface area contributed by atoms with Crippen molar-refractivity contribution in [2.45, 2.75) is 105 Å². The molecule has 0 radical (unpaired) electrons. The monoisotopic (exact) mass is 477 g/mol. The van der Waals surface area contributed by atoms with Crippen molar-refractivity contribution in [3.8, 4) is 5.75 Å². The Bertz CT molecular complexity index is 832. The molecule has 0 spiro atoms. The zero-order chi connectivity index (χ0) is 26.1. The lowest BCUT2D eigenvalue weighted by molar-refractivity contribution is -0.142. The summed E-state index contributed by atoms with van der Waals surface area (Å²) in [6.45, 7) is 14.8. The van der Waals surface area contributed by atoms with Gasteiger partial charge in [0.1, 0.15) is 23.4 Å². The lowest BCUT2D eigenvalue weighted by Gasteiger charge is -2.34. The van der Waals surface area contributed by atoms with E-state index in [4.69, 9.17) is 4.74 Å². The Labute approximate surface area is 204 Å². The summed E-state index contributed by atoms with van der Waals surface area (Å²) >= 11 is 0. The highest BCUT2D eigenvalue weighted by Crippen LogP contribution is 2.27. The molecule has 2 atom stereocenters. The van der Waals surface area contributed by atoms with Crippen LogP contribution in [0.3, 0.4) is 0 Å². The maximum absolute atomic E-state index is 13.6. The number of hydrogen-bond acceptors (Lipinski definition) is 5. The van der Waals surface area contributed by atoms with E-state index in [0.29, 0.717) is 17.7 Å². The third kappa shape index (κ3) is 9.61. The summed E-state index contributed by atoms with van der Waals surface area (Å²) in [6.07, 6.45) is 3.01. The van der Waals surface area contributed by atoms with Crippen molar-refractivity contribution in [1.29, 1.82) is 0 Å². The fourth-order valence-corrected chi connectivity index (χ4v) is 3.56. The summed E-state index contributed by atoms with van der Waals surface area (Å²) in [5.74, 6) is -0.571. The maximum atomic E-state index is 13.6. The number of amides is 3. The zero-order valence-corrected chi connectivity index (χ0v) is 22.0. The third-order valence-electron chi connectivity index (χ3n) is 5.17. The van der Waals surface area contributed by atoms with Crippen LogP contribution in [0.15, 0.2) is 18.2 Å². The molecule has 0 bridgehead atoms. The highest BCUT2D eigenvalue weighted by Gasteiger charge is 2.34. The van der Waals surface area contributed by atoms with Crippen LogP contribution in [0.25, 0.3) is 0 Å². The summed E-state index contributed by atoms with van der Waals surface area (Å²) in [4.78, 5) is 40.7. The number of carbonyl (C=O) groups excluding carboxylic acids is 3. The van der Waals surface area contributed by atoms with E-state index in [1.807, 2.05) is 13.8 Å². The van der Waals surface area contributed by atoms with E-state index >= 15 is 0 Å². The predicted molar refractivity (Wildman–Crippen MR) is 134 cm³/mol. The minimum Gasteiger partial charge on any atom is -0.508 e. The fourth-order valence-electron chi connectivity index (χ4n) is 3.56. The fraction of sp³-hybridized carbons (Fsp3) is 0.654. The van der Waals surface area contributed by atoms with Gasteiger partial charge in [0, 0.05) is 12.6 Å². The van der Waals surface area contributed by atoms with Gasteiger partial charge in [0.25, 0.3) is 0 Å². The summed E-state index contributed by atoms with van der Waals surface area (Å²) in [7, 11) is 0. The molecule has 3 amide bonds. The molecule has 3 N–H and O–H groups in total. The number of phenolic OH excluding ortho intramolecular Hbond substituents is 1. The zero-order valence-electron chi connectivity index (χ0n) is 22.0. The number of hydrogen-bond donors (Lipinski definition) is 3. The van der Waals surface area contributed by atoms with Gasteiger partial charge in [-0.15, -0.1) is 0 Å². The molecule has 0 heterocycles. The highest BCUT2D eigenvalue weighted by molar-refractivity contribution is 5.92. The molecule has 0 aliphatic carbocycles. The molecule has 34 heavy (non-hydrogen) atoms. The molecule has 0 saturated carbocycles. The first-order chi connectivity index (χ1) is 15.8. The summed E-state index contributed by atoms with van der Waals surface area (Å²) < 4.78 is 5.30. The van der Waals surface area contributed by atoms with Crippen molar-refractivity contribution in [1.82, 2.24) is 15.5 Å². The molecule has 2 unspecified atom stereocenters. The van der Waals surface area contributed by atoms with Crippen LogP contribution in [0.5, 0.6) is 5.75 Å². The van der Waals surface area contributed by atoms with E-state index in [9.17, 15) is 19.5 Å². The number of unbranched alkanes of at least 4 members (excludes halogenated alkanes) is 3. The van der Waals surface area contributed by atoms with E-state index in [0.717, 1.165) is 25.7 Å². The van der Waals surface area contributed by atoms with Gasteiger partial charge in [0.15, 0.2) is 0 Å². The lowest BCUT2D eigenvalue weighted by atomic mass is 9.99. The van der Waals surface area contributed by atoms with E-state index in [2.05, 4.69) is 17.6 Å². The Morgan fingerprint density at radius 2 is 1.71 bits per heavy atom. The van der Waals surface area contributed by atoms with Crippen molar-refractivity contribution < 1.29 is 24.2 Å². The minimum absolute atomic E-state index is 0.118. The normalized spacial score (nSPS) is 13.2. The first-order valence-corrected chi connectivity index (χ1v) is 12.2. The topological polar surface area (TPSA) is 108 Å². The third-order valence-corrected chi connectivity index (χ3v) is 5.17. The van der Waals surface area contributed by atoms with Gasteiger partial charge in [0.2, 0.25) is 11.8 Å². The number of aryl methyl sites for hydroxylation is 1. The molecule has 192 valence electrons. The van der Waals surface area contributed by atoms with Gasteiger partial charge in [-0.05, 0) is 78.1 Å². The number of rotatable bonds is 11. The Balaban J connectivity index is 3.33. The highest BCUT2D eigenvalue weighted by atomic mass is 16.6. The first-order valence-electron chi connectivity index (χ1n) is 12.2. The Kier molecular flexibility index (Phi) is 11.4. The van der Waals surface area contributed by atoms with E-state index < -0.39 is 23.8 Å². The van der Waals surface area contributed by atoms with Gasteiger partial charge in [-0.2, -0.15) is 0 Å². The van der Waals surface area contributed by atoms with Gasteiger partial charge in [-0.25, -0.2) is 4.79 Å². The second-order valence-electron chi connectivity index (χ2n) is 10.1. The van der Waals surface area contributed by atoms with Crippen LogP contribution in [0.2, 0.25) is 0 Å². The van der Waals surface area contributed by atoms with Crippen molar-refractivity contribution in [3.05, 3.63) is 29.3 Å². The number of ether oxygens (including phenoxy) is 1. The van der Waals surface area contributed by atoms with E-state index in [1.54, 1.807) is 46.8 Å². The van der Waals surface area contributed by atoms with E-state index in [1.165, 1.54) is 11.0 Å². The second-order valence-corrected chi connectivity index (χ2v) is 10.1. The quantitative estimate of drug-likeness (QED) is 0.404. The summed E-state index contributed by atoms with van der Waals surface area (Å²) in [5.41, 5.74) is 0.510. The van der Waals surface area contributed by atoms with Gasteiger partial charge < -0.3 is 25.4 Å². The molecule has 1 aromatic rings. The summed E-state index contributed by atoms with van der Waals surface area (Å²) in [6, 6.07) is 2.99. The number of alkyl carbamates (subject to hydrolysis) is 1. The van der Waals surface area contributed by atoms with Crippen molar-refractivity contribution in [3.63, 3.8) is 0 Å². The molecule has 0 aliphatic heterocycles. The smallest absolute Gasteiger partial charge is 0.408 e. The molecule has 0 aromatic heterocycles. The average Bonchev–Trinajstić information content (AvgIpc) is 2.70. The minimum atomic E-state index is -0.904. The number of phenols is 1. The van der Waals surface area contributed by atoms with Gasteiger partial charge in [-0.1, -0.05) is 32.3 Å². The molecular formula is C26H43N3O5. The van der Waals surface area contributed by atoms with Gasteiger partial charge >= 0.3 is 6.09 Å². The van der Waals surface area contributed by atoms with Crippen molar-refractivity contribution in [2.24, 2.45) is 0 Å². The molecule has 0 fully saturated rings. The second kappa shape index (κ2) is 13.2. The molecule has 8 heteroatoms. The van der Waals surface area contributed by atoms with Crippen LogP contribution < -0.4 is 10.6 Å². The largest absolute Gasteiger partial charge is 0.508 e. The molecule has 0 aliphatic rings. The van der Waals surface area contributed by atoms with Gasteiger partial charge in [-0.3, -0.25) is 9.59 Å². The van der Waals surface area contributed by atoms with Crippen LogP contribution in [0, 0.1) is 6.92 Å². The lowest BCUT2D eigenvalue weighted by Crippen LogP contribution is -2.52. The molecule has 8 nitrogen and oxygen atoms in total. The SMILES string of the molecule is CCCCCCN(C(=O)C(C)NC(=O)OC(C)(C)C)C(C(=O)NC(C)C)c1ccc(O)c(C)c1. The van der Waals surface area contributed by atoms with Crippen LogP contribution >= 0.6 is 0 Å². The number of aromatic hydroxyl groups is 1. The van der Waals surface area contributed by atoms with Crippen LogP contribution in [0.1, 0.15) is 91.3 Å². The molecule has 1 aromatic carbocycles. The Hall–Kier alpha value is -2.77. The molecular weight excluding hydrogens is 434 g/mol. The van der Waals surface area contributed by atoms with Crippen molar-refractivity contribution in [2.75, 3.05) is 6.54 Å². The molecule has 0 saturated heterocycles. The standard InChI is InChI=1S/C26H43N3O5/c1-9-10-11-12-15-29(24(32)19(5)28-25(33)34-26(6,7)8)22(23(31)27-17(2)3)20-13-14-21(30)18(4)16-20/h13-14,16-17,19,22,30H,9-12,15H2,1-8H3,(H,27,31)(H,28,33). The number of carbonyl (C=O) groups is 3. The number of benzene rings is 1. The van der Waals surface area contributed by atoms with Crippen LogP contribution in [-0.2, 0) is 14.3 Å². The summed E-state index contributed by atoms with van der Waals surface area (Å²) in [5, 5.41) is 15.5. The van der Waals surface area contributed by atoms with Crippen molar-refractivity contribution >= 4 is 17.9 Å². The van der Waals surface area contributed by atoms with Gasteiger partial charge in [0.05, 0.1) is 0 Å². The van der Waals surface area contributed by atoms with Crippen LogP contribution in [0.4, 0.5) is 4.79 Å². The first kappa shape index (κ1) is 29.3. The predicted octanol–water partition coefficient (Wildman–Crippen LogP) is 4.59. The molecule has 1 rings (SSSR count). The maximum Gasteiger partial charge on any atom is 0.408 e. The Morgan fingerprint density at radius 3 is 2.24 bits per heavy atom. The average molecular weight is 478 g/mol. The Morgan fingerprint density at radius 1 is 1.06 bits per heavy atom.